The van der Waals surface area contributed by atoms with Gasteiger partial charge in [-0.15, -0.1) is 0 Å². The van der Waals surface area contributed by atoms with E-state index < -0.39 is 0 Å². The van der Waals surface area contributed by atoms with Gasteiger partial charge in [0, 0.05) is 31.5 Å². The summed E-state index contributed by atoms with van der Waals surface area (Å²) in [7, 11) is 3.92. The number of rotatable bonds is 4. The van der Waals surface area contributed by atoms with Crippen LogP contribution in [0.5, 0.6) is 0 Å². The first-order valence-electron chi connectivity index (χ1n) is 6.38. The summed E-state index contributed by atoms with van der Waals surface area (Å²) in [4.78, 5) is 11.1. The highest BCUT2D eigenvalue weighted by atomic mass is 15.1. The van der Waals surface area contributed by atoms with E-state index in [2.05, 4.69) is 58.4 Å². The minimum absolute atomic E-state index is 0.694. The molecule has 0 bridgehead atoms. The van der Waals surface area contributed by atoms with Crippen LogP contribution < -0.4 is 10.2 Å². The van der Waals surface area contributed by atoms with Crippen LogP contribution in [0.2, 0.25) is 0 Å². The van der Waals surface area contributed by atoms with Gasteiger partial charge in [-0.25, -0.2) is 9.97 Å². The second kappa shape index (κ2) is 5.69. The predicted molar refractivity (Wildman–Crippen MR) is 79.6 cm³/mol. The Morgan fingerprint density at radius 3 is 2.42 bits per heavy atom. The quantitative estimate of drug-likeness (QED) is 0.913. The Hall–Kier alpha value is -2.10. The van der Waals surface area contributed by atoms with Crippen molar-refractivity contribution in [2.75, 3.05) is 24.3 Å². The van der Waals surface area contributed by atoms with Crippen LogP contribution in [0.15, 0.2) is 30.3 Å². The summed E-state index contributed by atoms with van der Waals surface area (Å²) >= 11 is 0. The average Bonchev–Trinajstić information content (AvgIpc) is 2.38. The monoisotopic (exact) mass is 256 g/mol. The normalized spacial score (nSPS) is 10.3. The molecule has 0 radical (unpaired) electrons. The van der Waals surface area contributed by atoms with Crippen molar-refractivity contribution in [3.05, 3.63) is 47.4 Å². The zero-order valence-electron chi connectivity index (χ0n) is 11.9. The lowest BCUT2D eigenvalue weighted by atomic mass is 10.2. The van der Waals surface area contributed by atoms with E-state index in [-0.39, 0.29) is 0 Å². The molecule has 100 valence electrons. The summed E-state index contributed by atoms with van der Waals surface area (Å²) in [5.74, 6) is 1.69. The molecule has 0 fully saturated rings. The topological polar surface area (TPSA) is 41.1 Å². The summed E-state index contributed by atoms with van der Waals surface area (Å²) < 4.78 is 0. The SMILES string of the molecule is CNc1cc(C)nc(CN(C)c2ccc(C)cc2)n1. The van der Waals surface area contributed by atoms with Crippen molar-refractivity contribution in [2.24, 2.45) is 0 Å². The molecule has 4 heteroatoms. The summed E-state index contributed by atoms with van der Waals surface area (Å²) in [5, 5.41) is 3.06. The second-order valence-electron chi connectivity index (χ2n) is 4.75. The van der Waals surface area contributed by atoms with Crippen molar-refractivity contribution in [1.82, 2.24) is 9.97 Å². The van der Waals surface area contributed by atoms with Crippen molar-refractivity contribution in [2.45, 2.75) is 20.4 Å². The number of hydrogen-bond donors (Lipinski definition) is 1. The van der Waals surface area contributed by atoms with Gasteiger partial charge in [0.05, 0.1) is 6.54 Å². The van der Waals surface area contributed by atoms with Gasteiger partial charge in [-0.2, -0.15) is 0 Å². The molecule has 0 saturated heterocycles. The van der Waals surface area contributed by atoms with Crippen LogP contribution in [-0.4, -0.2) is 24.1 Å². The first kappa shape index (κ1) is 13.3. The van der Waals surface area contributed by atoms with Gasteiger partial charge in [-0.1, -0.05) is 17.7 Å². The maximum absolute atomic E-state index is 4.47. The van der Waals surface area contributed by atoms with Crippen LogP contribution in [0.3, 0.4) is 0 Å². The molecule has 0 spiro atoms. The highest BCUT2D eigenvalue weighted by molar-refractivity contribution is 5.47. The third-order valence-corrected chi connectivity index (χ3v) is 3.01. The van der Waals surface area contributed by atoms with E-state index in [0.717, 1.165) is 17.3 Å². The van der Waals surface area contributed by atoms with Gasteiger partial charge in [0.15, 0.2) is 0 Å². The van der Waals surface area contributed by atoms with E-state index in [1.165, 1.54) is 11.3 Å². The lowest BCUT2D eigenvalue weighted by Gasteiger charge is -2.19. The molecule has 0 saturated carbocycles. The van der Waals surface area contributed by atoms with Gasteiger partial charge in [0.2, 0.25) is 0 Å². The summed E-state index contributed by atoms with van der Waals surface area (Å²) in [6, 6.07) is 10.4. The Labute approximate surface area is 114 Å². The molecule has 2 rings (SSSR count). The van der Waals surface area contributed by atoms with Crippen molar-refractivity contribution in [3.63, 3.8) is 0 Å². The number of aromatic nitrogens is 2. The van der Waals surface area contributed by atoms with Crippen molar-refractivity contribution < 1.29 is 0 Å². The zero-order chi connectivity index (χ0) is 13.8. The van der Waals surface area contributed by atoms with E-state index in [0.29, 0.717) is 6.54 Å². The summed E-state index contributed by atoms with van der Waals surface area (Å²) in [6.45, 7) is 4.77. The number of nitrogens with zero attached hydrogens (tertiary/aromatic N) is 3. The fourth-order valence-electron chi connectivity index (χ4n) is 1.93. The van der Waals surface area contributed by atoms with Crippen molar-refractivity contribution in [3.8, 4) is 0 Å². The number of nitrogens with one attached hydrogen (secondary N) is 1. The average molecular weight is 256 g/mol. The Bertz CT molecular complexity index is 549. The molecule has 4 nitrogen and oxygen atoms in total. The predicted octanol–water partition coefficient (Wildman–Crippen LogP) is 2.77. The first-order valence-corrected chi connectivity index (χ1v) is 6.38. The molecule has 1 N–H and O–H groups in total. The van der Waals surface area contributed by atoms with Gasteiger partial charge in [0.25, 0.3) is 0 Å². The third kappa shape index (κ3) is 3.44. The highest BCUT2D eigenvalue weighted by Gasteiger charge is 2.06. The highest BCUT2D eigenvalue weighted by Crippen LogP contribution is 2.15. The molecule has 0 aliphatic carbocycles. The Kier molecular flexibility index (Phi) is 4.00. The lowest BCUT2D eigenvalue weighted by molar-refractivity contribution is 0.830. The number of hydrogen-bond acceptors (Lipinski definition) is 4. The summed E-state index contributed by atoms with van der Waals surface area (Å²) in [6.07, 6.45) is 0. The van der Waals surface area contributed by atoms with Crippen LogP contribution in [0.4, 0.5) is 11.5 Å². The zero-order valence-corrected chi connectivity index (χ0v) is 11.9. The van der Waals surface area contributed by atoms with Gasteiger partial charge in [0.1, 0.15) is 11.6 Å². The number of aryl methyl sites for hydroxylation is 2. The molecule has 1 aromatic heterocycles. The van der Waals surface area contributed by atoms with Crippen molar-refractivity contribution >= 4 is 11.5 Å². The number of anilines is 2. The molecule has 0 aliphatic rings. The number of benzene rings is 1. The van der Waals surface area contributed by atoms with Crippen LogP contribution in [0.25, 0.3) is 0 Å². The minimum Gasteiger partial charge on any atom is -0.373 e. The maximum atomic E-state index is 4.47. The van der Waals surface area contributed by atoms with Gasteiger partial charge in [-0.3, -0.25) is 0 Å². The van der Waals surface area contributed by atoms with Crippen molar-refractivity contribution in [1.29, 1.82) is 0 Å². The standard InChI is InChI=1S/C15H20N4/c1-11-5-7-13(8-6-11)19(4)10-15-17-12(2)9-14(16-3)18-15/h5-9H,10H2,1-4H3,(H,16,17,18). The Morgan fingerprint density at radius 2 is 1.79 bits per heavy atom. The second-order valence-corrected chi connectivity index (χ2v) is 4.75. The molecular formula is C15H20N4. The minimum atomic E-state index is 0.694. The van der Waals surface area contributed by atoms with E-state index >= 15 is 0 Å². The molecule has 1 heterocycles. The summed E-state index contributed by atoms with van der Waals surface area (Å²) in [5.41, 5.74) is 3.41. The fraction of sp³-hybridized carbons (Fsp3) is 0.333. The van der Waals surface area contributed by atoms with E-state index in [4.69, 9.17) is 0 Å². The third-order valence-electron chi connectivity index (χ3n) is 3.01. The van der Waals surface area contributed by atoms with Gasteiger partial charge in [-0.05, 0) is 26.0 Å². The molecular weight excluding hydrogens is 236 g/mol. The van der Waals surface area contributed by atoms with Crippen LogP contribution in [0.1, 0.15) is 17.1 Å². The molecule has 19 heavy (non-hydrogen) atoms. The van der Waals surface area contributed by atoms with Crippen LogP contribution in [-0.2, 0) is 6.54 Å². The maximum Gasteiger partial charge on any atom is 0.150 e. The molecule has 2 aromatic rings. The largest absolute Gasteiger partial charge is 0.373 e. The molecule has 1 aromatic carbocycles. The molecule has 0 unspecified atom stereocenters. The smallest absolute Gasteiger partial charge is 0.150 e. The van der Waals surface area contributed by atoms with Crippen LogP contribution >= 0.6 is 0 Å². The Morgan fingerprint density at radius 1 is 1.11 bits per heavy atom. The Balaban J connectivity index is 2.16. The van der Waals surface area contributed by atoms with E-state index in [1.807, 2.05) is 20.0 Å². The van der Waals surface area contributed by atoms with E-state index in [1.54, 1.807) is 0 Å². The molecule has 0 atom stereocenters. The van der Waals surface area contributed by atoms with Crippen LogP contribution in [0, 0.1) is 13.8 Å². The molecule has 0 aliphatic heterocycles. The van der Waals surface area contributed by atoms with E-state index in [9.17, 15) is 0 Å². The first-order chi connectivity index (χ1) is 9.08. The van der Waals surface area contributed by atoms with Gasteiger partial charge >= 0.3 is 0 Å². The van der Waals surface area contributed by atoms with Gasteiger partial charge < -0.3 is 10.2 Å². The lowest BCUT2D eigenvalue weighted by Crippen LogP contribution is -2.18. The molecule has 0 amide bonds. The fourth-order valence-corrected chi connectivity index (χ4v) is 1.93.